The van der Waals surface area contributed by atoms with Crippen molar-refractivity contribution >= 4 is 50.9 Å². The Labute approximate surface area is 192 Å². The van der Waals surface area contributed by atoms with Crippen LogP contribution >= 0.6 is 23.4 Å². The molecule has 0 aliphatic heterocycles. The molecule has 0 heterocycles. The molecule has 0 saturated carbocycles. The monoisotopic (exact) mass is 484 g/mol. The number of esters is 1. The molecule has 0 fully saturated rings. The van der Waals surface area contributed by atoms with Crippen LogP contribution < -0.4 is 5.32 Å². The van der Waals surface area contributed by atoms with Gasteiger partial charge < -0.3 is 10.1 Å². The lowest BCUT2D eigenvalue weighted by atomic mass is 10.2. The second-order valence-electron chi connectivity index (χ2n) is 6.91. The minimum Gasteiger partial charge on any atom is -0.453 e. The number of ether oxygens (including phenoxy) is 1. The van der Waals surface area contributed by atoms with Crippen LogP contribution in [0, 0.1) is 6.92 Å². The zero-order chi connectivity index (χ0) is 23.2. The molecule has 0 spiro atoms. The highest BCUT2D eigenvalue weighted by atomic mass is 35.5. The third kappa shape index (κ3) is 6.96. The first-order valence-electron chi connectivity index (χ1n) is 9.43. The highest BCUT2D eigenvalue weighted by Gasteiger charge is 2.21. The predicted octanol–water partition coefficient (Wildman–Crippen LogP) is 3.95. The highest BCUT2D eigenvalue weighted by molar-refractivity contribution is 7.99. The molecule has 31 heavy (non-hydrogen) atoms. The van der Waals surface area contributed by atoms with Crippen molar-refractivity contribution in [2.24, 2.45) is 0 Å². The Bertz CT molecular complexity index is 1060. The average molecular weight is 485 g/mol. The normalized spacial score (nSPS) is 12.5. The summed E-state index contributed by atoms with van der Waals surface area (Å²) in [6.07, 6.45) is -0.922. The van der Waals surface area contributed by atoms with E-state index < -0.39 is 28.0 Å². The van der Waals surface area contributed by atoms with Gasteiger partial charge in [-0.3, -0.25) is 9.59 Å². The van der Waals surface area contributed by atoms with Crippen LogP contribution in [0.4, 0.5) is 5.69 Å². The molecular formula is C21H25ClN2O5S2. The van der Waals surface area contributed by atoms with E-state index in [0.717, 1.165) is 9.20 Å². The van der Waals surface area contributed by atoms with Crippen molar-refractivity contribution in [3.63, 3.8) is 0 Å². The molecule has 1 atom stereocenters. The van der Waals surface area contributed by atoms with Crippen LogP contribution in [0.15, 0.2) is 52.3 Å². The quantitative estimate of drug-likeness (QED) is 0.428. The molecule has 0 aliphatic carbocycles. The van der Waals surface area contributed by atoms with Gasteiger partial charge >= 0.3 is 5.97 Å². The van der Waals surface area contributed by atoms with E-state index in [1.54, 1.807) is 19.1 Å². The molecule has 1 N–H and O–H groups in total. The number of rotatable bonds is 9. The second-order valence-corrected chi connectivity index (χ2v) is 10.6. The predicted molar refractivity (Wildman–Crippen MR) is 123 cm³/mol. The Morgan fingerprint density at radius 3 is 2.52 bits per heavy atom. The lowest BCUT2D eigenvalue weighted by Crippen LogP contribution is -2.30. The SMILES string of the molecule is Cc1ccc(S(=O)(=O)N(C)C)cc1NC(=O)C(C)OC(=O)CCSc1ccccc1Cl. The van der Waals surface area contributed by atoms with Gasteiger partial charge in [0.05, 0.1) is 16.3 Å². The smallest absolute Gasteiger partial charge is 0.307 e. The van der Waals surface area contributed by atoms with Crippen LogP contribution in [-0.2, 0) is 24.3 Å². The Hall–Kier alpha value is -2.07. The molecule has 168 valence electrons. The van der Waals surface area contributed by atoms with Gasteiger partial charge in [-0.15, -0.1) is 11.8 Å². The molecule has 0 aliphatic rings. The number of nitrogens with one attached hydrogen (secondary N) is 1. The number of aryl methyl sites for hydroxylation is 1. The van der Waals surface area contributed by atoms with E-state index in [9.17, 15) is 18.0 Å². The third-order valence-corrected chi connectivity index (χ3v) is 7.65. The van der Waals surface area contributed by atoms with Crippen molar-refractivity contribution in [1.82, 2.24) is 4.31 Å². The molecule has 10 heteroatoms. The molecular weight excluding hydrogens is 460 g/mol. The largest absolute Gasteiger partial charge is 0.453 e. The van der Waals surface area contributed by atoms with E-state index in [0.29, 0.717) is 22.0 Å². The first-order chi connectivity index (χ1) is 14.5. The van der Waals surface area contributed by atoms with E-state index in [1.807, 2.05) is 18.2 Å². The van der Waals surface area contributed by atoms with Crippen molar-refractivity contribution in [2.75, 3.05) is 25.2 Å². The number of hydrogen-bond donors (Lipinski definition) is 1. The number of carbonyl (C=O) groups excluding carboxylic acids is 2. The number of carbonyl (C=O) groups is 2. The molecule has 0 aromatic heterocycles. The zero-order valence-electron chi connectivity index (χ0n) is 17.7. The van der Waals surface area contributed by atoms with Crippen LogP contribution in [0.25, 0.3) is 0 Å². The fraction of sp³-hybridized carbons (Fsp3) is 0.333. The lowest BCUT2D eigenvalue weighted by Gasteiger charge is -2.17. The third-order valence-electron chi connectivity index (χ3n) is 4.32. The standard InChI is InChI=1S/C21H25ClN2O5S2/c1-14-9-10-16(31(27,28)24(3)4)13-18(14)23-21(26)15(2)29-20(25)11-12-30-19-8-6-5-7-17(19)22/h5-10,13,15H,11-12H2,1-4H3,(H,23,26). The number of anilines is 1. The molecule has 7 nitrogen and oxygen atoms in total. The minimum atomic E-state index is -3.64. The molecule has 2 aromatic rings. The number of halogens is 1. The molecule has 2 rings (SSSR count). The number of amides is 1. The summed E-state index contributed by atoms with van der Waals surface area (Å²) >= 11 is 7.51. The summed E-state index contributed by atoms with van der Waals surface area (Å²) in [4.78, 5) is 25.5. The first kappa shape index (κ1) is 25.2. The van der Waals surface area contributed by atoms with Gasteiger partial charge in [0, 0.05) is 30.4 Å². The van der Waals surface area contributed by atoms with Crippen LogP contribution in [0.2, 0.25) is 5.02 Å². The highest BCUT2D eigenvalue weighted by Crippen LogP contribution is 2.27. The summed E-state index contributed by atoms with van der Waals surface area (Å²) in [6, 6.07) is 11.8. The van der Waals surface area contributed by atoms with Gasteiger partial charge in [0.15, 0.2) is 6.10 Å². The minimum absolute atomic E-state index is 0.0552. The van der Waals surface area contributed by atoms with Gasteiger partial charge in [0.2, 0.25) is 10.0 Å². The number of sulfonamides is 1. The molecule has 1 unspecified atom stereocenters. The second kappa shape index (κ2) is 11.0. The van der Waals surface area contributed by atoms with Crippen molar-refractivity contribution in [3.05, 3.63) is 53.1 Å². The van der Waals surface area contributed by atoms with Crippen LogP contribution in [0.1, 0.15) is 18.9 Å². The van der Waals surface area contributed by atoms with Crippen LogP contribution in [-0.4, -0.2) is 50.6 Å². The van der Waals surface area contributed by atoms with Gasteiger partial charge in [0.25, 0.3) is 5.91 Å². The Kier molecular flexibility index (Phi) is 8.93. The summed E-state index contributed by atoms with van der Waals surface area (Å²) in [5.41, 5.74) is 1.02. The fourth-order valence-electron chi connectivity index (χ4n) is 2.46. The molecule has 2 aromatic carbocycles. The molecule has 0 bridgehead atoms. The van der Waals surface area contributed by atoms with Crippen molar-refractivity contribution in [3.8, 4) is 0 Å². The topological polar surface area (TPSA) is 92.8 Å². The Balaban J connectivity index is 1.93. The maximum absolute atomic E-state index is 12.5. The summed E-state index contributed by atoms with van der Waals surface area (Å²) < 4.78 is 30.9. The van der Waals surface area contributed by atoms with Crippen molar-refractivity contribution in [2.45, 2.75) is 36.2 Å². The van der Waals surface area contributed by atoms with E-state index in [2.05, 4.69) is 5.32 Å². The lowest BCUT2D eigenvalue weighted by molar-refractivity contribution is -0.152. The average Bonchev–Trinajstić information content (AvgIpc) is 2.70. The summed E-state index contributed by atoms with van der Waals surface area (Å²) in [6.45, 7) is 3.20. The van der Waals surface area contributed by atoms with E-state index >= 15 is 0 Å². The van der Waals surface area contributed by atoms with Crippen LogP contribution in [0.3, 0.4) is 0 Å². The molecule has 0 radical (unpaired) electrons. The molecule has 0 saturated heterocycles. The number of nitrogens with zero attached hydrogens (tertiary/aromatic N) is 1. The maximum atomic E-state index is 12.5. The molecule has 1 amide bonds. The first-order valence-corrected chi connectivity index (χ1v) is 12.2. The maximum Gasteiger partial charge on any atom is 0.307 e. The Morgan fingerprint density at radius 2 is 1.87 bits per heavy atom. The summed E-state index contributed by atoms with van der Waals surface area (Å²) in [5.74, 6) is -0.599. The van der Waals surface area contributed by atoms with E-state index in [1.165, 1.54) is 44.9 Å². The number of thioether (sulfide) groups is 1. The van der Waals surface area contributed by atoms with E-state index in [4.69, 9.17) is 16.3 Å². The number of hydrogen-bond acceptors (Lipinski definition) is 6. The van der Waals surface area contributed by atoms with Crippen molar-refractivity contribution in [1.29, 1.82) is 0 Å². The van der Waals surface area contributed by atoms with Gasteiger partial charge in [-0.2, -0.15) is 0 Å². The fourth-order valence-corrected chi connectivity index (χ4v) is 4.55. The van der Waals surface area contributed by atoms with Gasteiger partial charge in [-0.1, -0.05) is 29.8 Å². The van der Waals surface area contributed by atoms with Crippen molar-refractivity contribution < 1.29 is 22.7 Å². The summed E-state index contributed by atoms with van der Waals surface area (Å²) in [7, 11) is -0.783. The zero-order valence-corrected chi connectivity index (χ0v) is 20.1. The van der Waals surface area contributed by atoms with Gasteiger partial charge in [-0.25, -0.2) is 12.7 Å². The Morgan fingerprint density at radius 1 is 1.19 bits per heavy atom. The van der Waals surface area contributed by atoms with Crippen LogP contribution in [0.5, 0.6) is 0 Å². The summed E-state index contributed by atoms with van der Waals surface area (Å²) in [5, 5.41) is 3.25. The van der Waals surface area contributed by atoms with Gasteiger partial charge in [0.1, 0.15) is 0 Å². The van der Waals surface area contributed by atoms with E-state index in [-0.39, 0.29) is 11.3 Å². The van der Waals surface area contributed by atoms with Gasteiger partial charge in [-0.05, 0) is 43.7 Å². The number of benzene rings is 2.